The van der Waals surface area contributed by atoms with Crippen molar-refractivity contribution in [3.05, 3.63) is 22.5 Å². The molecule has 1 aromatic carbocycles. The normalized spacial score (nSPS) is 10.5. The highest BCUT2D eigenvalue weighted by Crippen LogP contribution is 2.35. The molecule has 0 heterocycles. The second kappa shape index (κ2) is 4.48. The topological polar surface area (TPSA) is 66.5 Å². The Kier molecular flexibility index (Phi) is 3.55. The maximum atomic E-state index is 13.3. The summed E-state index contributed by atoms with van der Waals surface area (Å²) in [6.45, 7) is 0.381. The average molecular weight is 220 g/mol. The highest BCUT2D eigenvalue weighted by molar-refractivity contribution is 6.31. The first-order chi connectivity index (χ1) is 6.57. The van der Waals surface area contributed by atoms with Crippen LogP contribution in [0.1, 0.15) is 12.0 Å². The number of phenols is 2. The van der Waals surface area contributed by atoms with Crippen LogP contribution < -0.4 is 5.73 Å². The second-order valence-corrected chi connectivity index (χ2v) is 3.32. The molecule has 78 valence electrons. The minimum absolute atomic E-state index is 0.0143. The molecule has 0 aromatic heterocycles. The molecule has 0 fully saturated rings. The Morgan fingerprint density at radius 3 is 2.64 bits per heavy atom. The van der Waals surface area contributed by atoms with E-state index < -0.39 is 17.3 Å². The van der Waals surface area contributed by atoms with Gasteiger partial charge in [0.15, 0.2) is 11.5 Å². The number of aromatic hydroxyl groups is 2. The molecule has 0 radical (unpaired) electrons. The first-order valence-corrected chi connectivity index (χ1v) is 4.54. The average Bonchev–Trinajstić information content (AvgIpc) is 2.15. The first kappa shape index (κ1) is 11.1. The second-order valence-electron chi connectivity index (χ2n) is 2.91. The highest BCUT2D eigenvalue weighted by atomic mass is 35.5. The van der Waals surface area contributed by atoms with Crippen LogP contribution in [0.5, 0.6) is 11.5 Å². The predicted octanol–water partition coefficient (Wildman–Crippen LogP) is 1.78. The molecule has 14 heavy (non-hydrogen) atoms. The molecule has 0 spiro atoms. The van der Waals surface area contributed by atoms with Gasteiger partial charge in [-0.1, -0.05) is 11.6 Å². The highest BCUT2D eigenvalue weighted by Gasteiger charge is 2.15. The Morgan fingerprint density at radius 2 is 2.07 bits per heavy atom. The molecule has 0 aliphatic carbocycles. The van der Waals surface area contributed by atoms with Crippen LogP contribution in [0.15, 0.2) is 6.07 Å². The van der Waals surface area contributed by atoms with Gasteiger partial charge in [0.05, 0.1) is 5.02 Å². The van der Waals surface area contributed by atoms with Crippen molar-refractivity contribution in [3.63, 3.8) is 0 Å². The van der Waals surface area contributed by atoms with E-state index in [1.54, 1.807) is 0 Å². The Labute approximate surface area is 85.9 Å². The minimum atomic E-state index is -0.699. The Balaban J connectivity index is 3.11. The summed E-state index contributed by atoms with van der Waals surface area (Å²) in [6.07, 6.45) is 0.770. The van der Waals surface area contributed by atoms with E-state index in [1.807, 2.05) is 0 Å². The van der Waals surface area contributed by atoms with Gasteiger partial charge in [0.25, 0.3) is 0 Å². The van der Waals surface area contributed by atoms with E-state index in [4.69, 9.17) is 17.3 Å². The Hall–Kier alpha value is -1.00. The van der Waals surface area contributed by atoms with Crippen molar-refractivity contribution in [1.82, 2.24) is 0 Å². The van der Waals surface area contributed by atoms with E-state index in [0.717, 1.165) is 6.07 Å². The van der Waals surface area contributed by atoms with E-state index in [1.165, 1.54) is 0 Å². The van der Waals surface area contributed by atoms with Gasteiger partial charge in [0, 0.05) is 11.6 Å². The lowest BCUT2D eigenvalue weighted by Crippen LogP contribution is -2.02. The van der Waals surface area contributed by atoms with Crippen molar-refractivity contribution in [3.8, 4) is 11.5 Å². The summed E-state index contributed by atoms with van der Waals surface area (Å²) in [5.41, 5.74) is 5.27. The van der Waals surface area contributed by atoms with Crippen molar-refractivity contribution in [2.24, 2.45) is 5.73 Å². The van der Waals surface area contributed by atoms with Crippen LogP contribution in [0.2, 0.25) is 5.02 Å². The molecule has 3 nitrogen and oxygen atoms in total. The number of hydrogen-bond donors (Lipinski definition) is 3. The fraction of sp³-hybridized carbons (Fsp3) is 0.333. The monoisotopic (exact) mass is 219 g/mol. The molecular weight excluding hydrogens is 209 g/mol. The molecule has 0 aliphatic rings. The van der Waals surface area contributed by atoms with Gasteiger partial charge in [-0.25, -0.2) is 4.39 Å². The van der Waals surface area contributed by atoms with E-state index in [2.05, 4.69) is 0 Å². The molecule has 1 rings (SSSR count). The minimum Gasteiger partial charge on any atom is -0.504 e. The van der Waals surface area contributed by atoms with Crippen molar-refractivity contribution in [2.45, 2.75) is 12.8 Å². The summed E-state index contributed by atoms with van der Waals surface area (Å²) in [5.74, 6) is -1.57. The maximum absolute atomic E-state index is 13.3. The third-order valence-corrected chi connectivity index (χ3v) is 2.17. The van der Waals surface area contributed by atoms with Crippen LogP contribution in [0.3, 0.4) is 0 Å². The molecular formula is C9H11ClFNO2. The maximum Gasteiger partial charge on any atom is 0.163 e. The summed E-state index contributed by atoms with van der Waals surface area (Å²) in [4.78, 5) is 0. The molecule has 1 aromatic rings. The van der Waals surface area contributed by atoms with E-state index in [-0.39, 0.29) is 17.0 Å². The molecule has 0 amide bonds. The van der Waals surface area contributed by atoms with Gasteiger partial charge < -0.3 is 15.9 Å². The molecule has 0 saturated heterocycles. The van der Waals surface area contributed by atoms with Crippen molar-refractivity contribution in [1.29, 1.82) is 0 Å². The Bertz CT molecular complexity index is 318. The zero-order valence-corrected chi connectivity index (χ0v) is 8.18. The largest absolute Gasteiger partial charge is 0.504 e. The van der Waals surface area contributed by atoms with Crippen molar-refractivity contribution in [2.75, 3.05) is 6.54 Å². The van der Waals surface area contributed by atoms with Gasteiger partial charge in [-0.2, -0.15) is 0 Å². The quantitative estimate of drug-likeness (QED) is 0.679. The van der Waals surface area contributed by atoms with Gasteiger partial charge in [-0.05, 0) is 19.4 Å². The third-order valence-electron chi connectivity index (χ3n) is 1.90. The SMILES string of the molecule is NCCCc1c(O)c(O)cc(Cl)c1F. The van der Waals surface area contributed by atoms with Crippen molar-refractivity contribution < 1.29 is 14.6 Å². The fourth-order valence-electron chi connectivity index (χ4n) is 1.16. The molecule has 5 heteroatoms. The Morgan fingerprint density at radius 1 is 1.43 bits per heavy atom. The number of benzene rings is 1. The number of rotatable bonds is 3. The van der Waals surface area contributed by atoms with Crippen LogP contribution in [0.4, 0.5) is 4.39 Å². The van der Waals surface area contributed by atoms with Gasteiger partial charge in [0.1, 0.15) is 5.82 Å². The molecule has 0 bridgehead atoms. The predicted molar refractivity (Wildman–Crippen MR) is 52.1 cm³/mol. The summed E-state index contributed by atoms with van der Waals surface area (Å²) in [7, 11) is 0. The molecule has 0 unspecified atom stereocenters. The molecule has 0 saturated carbocycles. The number of halogens is 2. The molecule has 4 N–H and O–H groups in total. The zero-order valence-electron chi connectivity index (χ0n) is 7.43. The first-order valence-electron chi connectivity index (χ1n) is 4.16. The van der Waals surface area contributed by atoms with Crippen LogP contribution >= 0.6 is 11.6 Å². The van der Waals surface area contributed by atoms with Gasteiger partial charge in [-0.15, -0.1) is 0 Å². The number of hydrogen-bond acceptors (Lipinski definition) is 3. The smallest absolute Gasteiger partial charge is 0.163 e. The summed E-state index contributed by atoms with van der Waals surface area (Å²) >= 11 is 5.49. The summed E-state index contributed by atoms with van der Waals surface area (Å²) in [5, 5.41) is 18.3. The van der Waals surface area contributed by atoms with Gasteiger partial charge in [0.2, 0.25) is 0 Å². The number of phenolic OH excluding ortho intramolecular Hbond substituents is 2. The number of nitrogens with two attached hydrogens (primary N) is 1. The fourth-order valence-corrected chi connectivity index (χ4v) is 1.38. The lowest BCUT2D eigenvalue weighted by atomic mass is 10.1. The summed E-state index contributed by atoms with van der Waals surface area (Å²) in [6, 6.07) is 0.970. The van der Waals surface area contributed by atoms with E-state index in [9.17, 15) is 14.6 Å². The third kappa shape index (κ3) is 2.08. The van der Waals surface area contributed by atoms with Crippen LogP contribution in [0, 0.1) is 5.82 Å². The zero-order chi connectivity index (χ0) is 10.7. The lowest BCUT2D eigenvalue weighted by Gasteiger charge is -2.08. The van der Waals surface area contributed by atoms with Crippen LogP contribution in [0.25, 0.3) is 0 Å². The summed E-state index contributed by atoms with van der Waals surface area (Å²) < 4.78 is 13.3. The molecule has 0 atom stereocenters. The standard InChI is InChI=1S/C9H11ClFNO2/c10-6-4-7(13)9(14)5(8(6)11)2-1-3-12/h4,13-14H,1-3,12H2. The van der Waals surface area contributed by atoms with Gasteiger partial charge >= 0.3 is 0 Å². The van der Waals surface area contributed by atoms with E-state index >= 15 is 0 Å². The lowest BCUT2D eigenvalue weighted by molar-refractivity contribution is 0.393. The van der Waals surface area contributed by atoms with Gasteiger partial charge in [-0.3, -0.25) is 0 Å². The van der Waals surface area contributed by atoms with Crippen LogP contribution in [-0.2, 0) is 6.42 Å². The molecule has 0 aliphatic heterocycles. The van der Waals surface area contributed by atoms with Crippen LogP contribution in [-0.4, -0.2) is 16.8 Å². The van der Waals surface area contributed by atoms with Crippen molar-refractivity contribution >= 4 is 11.6 Å². The van der Waals surface area contributed by atoms with E-state index in [0.29, 0.717) is 13.0 Å².